The van der Waals surface area contributed by atoms with Crippen LogP contribution < -0.4 is 16.0 Å². The number of hydrogen-bond donors (Lipinski definition) is 3. The predicted molar refractivity (Wildman–Crippen MR) is 98.2 cm³/mol. The molecule has 7 heteroatoms. The van der Waals surface area contributed by atoms with E-state index in [1.54, 1.807) is 25.5 Å². The lowest BCUT2D eigenvalue weighted by molar-refractivity contribution is -0.115. The average Bonchev–Trinajstić information content (AvgIpc) is 2.66. The zero-order chi connectivity index (χ0) is 17.5. The van der Waals surface area contributed by atoms with Crippen LogP contribution in [0, 0.1) is 0 Å². The molecule has 0 radical (unpaired) electrons. The summed E-state index contributed by atoms with van der Waals surface area (Å²) in [6, 6.07) is 13.6. The van der Waals surface area contributed by atoms with Gasteiger partial charge in [0, 0.05) is 12.1 Å². The molecule has 25 heavy (non-hydrogen) atoms. The maximum absolute atomic E-state index is 11.3. The minimum Gasteiger partial charge on any atom is -0.340 e. The third-order valence-corrected chi connectivity index (χ3v) is 3.32. The Kier molecular flexibility index (Phi) is 5.16. The lowest BCUT2D eigenvalue weighted by Gasteiger charge is -2.08. The lowest BCUT2D eigenvalue weighted by Crippen LogP contribution is -2.10. The van der Waals surface area contributed by atoms with Crippen LogP contribution in [0.2, 0.25) is 0 Å². The fourth-order valence-corrected chi connectivity index (χ4v) is 2.05. The van der Waals surface area contributed by atoms with Gasteiger partial charge in [-0.25, -0.2) is 15.0 Å². The van der Waals surface area contributed by atoms with Crippen LogP contribution in [0.25, 0.3) is 0 Å². The fourth-order valence-electron chi connectivity index (χ4n) is 2.05. The van der Waals surface area contributed by atoms with Crippen molar-refractivity contribution in [2.75, 3.05) is 16.0 Å². The third-order valence-electron chi connectivity index (χ3n) is 3.32. The van der Waals surface area contributed by atoms with Crippen LogP contribution >= 0.6 is 0 Å². The Labute approximate surface area is 145 Å². The molecule has 0 aliphatic carbocycles. The smallest absolute Gasteiger partial charge is 0.227 e. The molecule has 7 nitrogen and oxygen atoms in total. The highest BCUT2D eigenvalue weighted by Crippen LogP contribution is 2.17. The van der Waals surface area contributed by atoms with Gasteiger partial charge in [0.1, 0.15) is 5.82 Å². The second-order valence-electron chi connectivity index (χ2n) is 5.25. The Morgan fingerprint density at radius 3 is 2.20 bits per heavy atom. The number of para-hydroxylation sites is 1. The number of hydrogen-bond acceptors (Lipinski definition) is 6. The van der Waals surface area contributed by atoms with Crippen LogP contribution in [0.5, 0.6) is 0 Å². The SMILES string of the molecule is CCC(=O)Nc1cnc(Nc2ccc(Nc3ccccc3)nc2)nc1. The molecular formula is C18H18N6O. The van der Waals surface area contributed by atoms with Gasteiger partial charge in [-0.15, -0.1) is 0 Å². The van der Waals surface area contributed by atoms with Gasteiger partial charge in [-0.05, 0) is 24.3 Å². The fraction of sp³-hybridized carbons (Fsp3) is 0.111. The summed E-state index contributed by atoms with van der Waals surface area (Å²) in [5, 5.41) is 8.98. The first-order chi connectivity index (χ1) is 12.2. The van der Waals surface area contributed by atoms with Crippen molar-refractivity contribution in [3.8, 4) is 0 Å². The van der Waals surface area contributed by atoms with Crippen molar-refractivity contribution >= 4 is 34.7 Å². The summed E-state index contributed by atoms with van der Waals surface area (Å²) in [5.41, 5.74) is 2.31. The Morgan fingerprint density at radius 1 is 0.840 bits per heavy atom. The van der Waals surface area contributed by atoms with E-state index in [1.165, 1.54) is 0 Å². The summed E-state index contributed by atoms with van der Waals surface area (Å²) in [6.45, 7) is 1.79. The molecule has 3 N–H and O–H groups in total. The molecule has 3 aromatic rings. The molecule has 1 aromatic carbocycles. The predicted octanol–water partition coefficient (Wildman–Crippen LogP) is 3.71. The van der Waals surface area contributed by atoms with Gasteiger partial charge in [0.2, 0.25) is 11.9 Å². The van der Waals surface area contributed by atoms with E-state index < -0.39 is 0 Å². The molecule has 0 aliphatic heterocycles. The normalized spacial score (nSPS) is 10.1. The van der Waals surface area contributed by atoms with Gasteiger partial charge in [-0.2, -0.15) is 0 Å². The van der Waals surface area contributed by atoms with Crippen LogP contribution in [-0.2, 0) is 4.79 Å². The van der Waals surface area contributed by atoms with Crippen LogP contribution in [0.15, 0.2) is 61.1 Å². The summed E-state index contributed by atoms with van der Waals surface area (Å²) in [5.74, 6) is 1.10. The molecule has 3 rings (SSSR count). The molecule has 0 saturated heterocycles. The zero-order valence-electron chi connectivity index (χ0n) is 13.7. The highest BCUT2D eigenvalue weighted by atomic mass is 16.1. The number of amides is 1. The number of pyridine rings is 1. The maximum atomic E-state index is 11.3. The highest BCUT2D eigenvalue weighted by Gasteiger charge is 2.02. The van der Waals surface area contributed by atoms with E-state index in [0.717, 1.165) is 17.2 Å². The van der Waals surface area contributed by atoms with Crippen LogP contribution in [-0.4, -0.2) is 20.9 Å². The van der Waals surface area contributed by atoms with E-state index >= 15 is 0 Å². The molecule has 0 spiro atoms. The minimum absolute atomic E-state index is 0.0741. The molecule has 2 heterocycles. The number of benzene rings is 1. The van der Waals surface area contributed by atoms with Crippen molar-refractivity contribution in [1.29, 1.82) is 0 Å². The summed E-state index contributed by atoms with van der Waals surface area (Å²) in [6.07, 6.45) is 5.22. The molecular weight excluding hydrogens is 316 g/mol. The molecule has 0 bridgehead atoms. The summed E-state index contributed by atoms with van der Waals surface area (Å²) >= 11 is 0. The van der Waals surface area contributed by atoms with Gasteiger partial charge >= 0.3 is 0 Å². The quantitative estimate of drug-likeness (QED) is 0.636. The van der Waals surface area contributed by atoms with Crippen molar-refractivity contribution < 1.29 is 4.79 Å². The number of nitrogens with one attached hydrogen (secondary N) is 3. The van der Waals surface area contributed by atoms with E-state index in [4.69, 9.17) is 0 Å². The van der Waals surface area contributed by atoms with Crippen LogP contribution in [0.3, 0.4) is 0 Å². The Bertz CT molecular complexity index is 818. The van der Waals surface area contributed by atoms with Crippen molar-refractivity contribution in [3.63, 3.8) is 0 Å². The van der Waals surface area contributed by atoms with Crippen molar-refractivity contribution in [3.05, 3.63) is 61.1 Å². The second kappa shape index (κ2) is 7.87. The standard InChI is InChI=1S/C18H18N6O/c1-2-17(25)23-15-11-20-18(21-12-15)24-14-8-9-16(19-10-14)22-13-6-4-3-5-7-13/h3-12H,2H2,1H3,(H,19,22)(H,23,25)(H,20,21,24). The molecule has 1 amide bonds. The van der Waals surface area contributed by atoms with Gasteiger partial charge in [0.15, 0.2) is 0 Å². The topological polar surface area (TPSA) is 91.8 Å². The first-order valence-electron chi connectivity index (χ1n) is 7.90. The van der Waals surface area contributed by atoms with Gasteiger partial charge in [-0.1, -0.05) is 25.1 Å². The number of anilines is 5. The van der Waals surface area contributed by atoms with Gasteiger partial charge in [0.05, 0.1) is 30.0 Å². The summed E-state index contributed by atoms with van der Waals surface area (Å²) in [4.78, 5) is 24.0. The van der Waals surface area contributed by atoms with Crippen molar-refractivity contribution in [2.45, 2.75) is 13.3 Å². The number of rotatable bonds is 6. The Balaban J connectivity index is 1.60. The monoisotopic (exact) mass is 334 g/mol. The van der Waals surface area contributed by atoms with E-state index in [0.29, 0.717) is 18.1 Å². The summed E-state index contributed by atoms with van der Waals surface area (Å²) in [7, 11) is 0. The van der Waals surface area contributed by atoms with Crippen LogP contribution in [0.4, 0.5) is 28.8 Å². The van der Waals surface area contributed by atoms with Crippen molar-refractivity contribution in [2.24, 2.45) is 0 Å². The van der Waals surface area contributed by atoms with Gasteiger partial charge in [-0.3, -0.25) is 4.79 Å². The highest BCUT2D eigenvalue weighted by molar-refractivity contribution is 5.90. The van der Waals surface area contributed by atoms with Gasteiger partial charge in [0.25, 0.3) is 0 Å². The molecule has 2 aromatic heterocycles. The number of carbonyl (C=O) groups excluding carboxylic acids is 1. The molecule has 0 fully saturated rings. The number of nitrogens with zero attached hydrogens (tertiary/aromatic N) is 3. The summed E-state index contributed by atoms with van der Waals surface area (Å²) < 4.78 is 0. The van der Waals surface area contributed by atoms with Crippen LogP contribution in [0.1, 0.15) is 13.3 Å². The maximum Gasteiger partial charge on any atom is 0.227 e. The first-order valence-corrected chi connectivity index (χ1v) is 7.90. The second-order valence-corrected chi connectivity index (χ2v) is 5.25. The third kappa shape index (κ3) is 4.74. The molecule has 0 unspecified atom stereocenters. The van der Waals surface area contributed by atoms with E-state index in [-0.39, 0.29) is 5.91 Å². The average molecular weight is 334 g/mol. The largest absolute Gasteiger partial charge is 0.340 e. The Hall–Kier alpha value is -3.48. The molecule has 0 saturated carbocycles. The minimum atomic E-state index is -0.0741. The zero-order valence-corrected chi connectivity index (χ0v) is 13.7. The number of carbonyl (C=O) groups is 1. The Morgan fingerprint density at radius 2 is 1.56 bits per heavy atom. The van der Waals surface area contributed by atoms with Crippen molar-refractivity contribution in [1.82, 2.24) is 15.0 Å². The first kappa shape index (κ1) is 16.4. The van der Waals surface area contributed by atoms with E-state index in [2.05, 4.69) is 30.9 Å². The number of aromatic nitrogens is 3. The molecule has 0 atom stereocenters. The van der Waals surface area contributed by atoms with E-state index in [9.17, 15) is 4.79 Å². The van der Waals surface area contributed by atoms with E-state index in [1.807, 2.05) is 42.5 Å². The lowest BCUT2D eigenvalue weighted by atomic mass is 10.3. The molecule has 126 valence electrons. The molecule has 0 aliphatic rings. The van der Waals surface area contributed by atoms with Gasteiger partial charge < -0.3 is 16.0 Å².